The van der Waals surface area contributed by atoms with Crippen LogP contribution in [0.15, 0.2) is 18.2 Å². The summed E-state index contributed by atoms with van der Waals surface area (Å²) < 4.78 is 4.96. The van der Waals surface area contributed by atoms with Gasteiger partial charge in [-0.2, -0.15) is 0 Å². The van der Waals surface area contributed by atoms with Crippen molar-refractivity contribution in [2.24, 2.45) is 0 Å². The zero-order valence-corrected chi connectivity index (χ0v) is 9.78. The van der Waals surface area contributed by atoms with Crippen molar-refractivity contribution in [1.82, 2.24) is 0 Å². The maximum Gasteiger partial charge on any atom is 0.306 e. The monoisotopic (exact) mass is 244 g/mol. The standard InChI is InChI=1S/C11H13ClO4/c1-11(15,6-10(13)14)7-3-4-9(16-2)8(12)5-7/h3-5,15H,6H2,1-2H3,(H,13,14). The Kier molecular flexibility index (Phi) is 3.78. The molecule has 0 saturated heterocycles. The lowest BCUT2D eigenvalue weighted by atomic mass is 9.92. The molecule has 0 aromatic heterocycles. The molecule has 0 fully saturated rings. The highest BCUT2D eigenvalue weighted by Gasteiger charge is 2.27. The Morgan fingerprint density at radius 1 is 1.56 bits per heavy atom. The average Bonchev–Trinajstić information content (AvgIpc) is 2.15. The van der Waals surface area contributed by atoms with Crippen LogP contribution >= 0.6 is 11.6 Å². The minimum Gasteiger partial charge on any atom is -0.495 e. The van der Waals surface area contributed by atoms with Crippen LogP contribution in [0.1, 0.15) is 18.9 Å². The van der Waals surface area contributed by atoms with Gasteiger partial charge in [0, 0.05) is 0 Å². The molecule has 0 heterocycles. The number of carbonyl (C=O) groups is 1. The number of rotatable bonds is 4. The van der Waals surface area contributed by atoms with E-state index in [-0.39, 0.29) is 6.42 Å². The predicted octanol–water partition coefficient (Wildman–Crippen LogP) is 2.03. The molecule has 1 aromatic carbocycles. The number of benzene rings is 1. The first-order valence-electron chi connectivity index (χ1n) is 4.65. The Hall–Kier alpha value is -1.26. The lowest BCUT2D eigenvalue weighted by Crippen LogP contribution is -2.25. The molecule has 1 unspecified atom stereocenters. The van der Waals surface area contributed by atoms with E-state index < -0.39 is 11.6 Å². The van der Waals surface area contributed by atoms with Gasteiger partial charge >= 0.3 is 5.97 Å². The number of hydrogen-bond donors (Lipinski definition) is 2. The van der Waals surface area contributed by atoms with Crippen LogP contribution in [0.25, 0.3) is 0 Å². The van der Waals surface area contributed by atoms with E-state index in [0.717, 1.165) is 0 Å². The molecule has 0 saturated carbocycles. The number of halogens is 1. The number of aliphatic carboxylic acids is 1. The number of aliphatic hydroxyl groups is 1. The SMILES string of the molecule is COc1ccc(C(C)(O)CC(=O)O)cc1Cl. The first-order chi connectivity index (χ1) is 7.36. The molecule has 5 heteroatoms. The van der Waals surface area contributed by atoms with Crippen molar-refractivity contribution >= 4 is 17.6 Å². The van der Waals surface area contributed by atoms with Crippen LogP contribution in [-0.4, -0.2) is 23.3 Å². The summed E-state index contributed by atoms with van der Waals surface area (Å²) in [6, 6.07) is 4.69. The van der Waals surface area contributed by atoms with Crippen LogP contribution < -0.4 is 4.74 Å². The summed E-state index contributed by atoms with van der Waals surface area (Å²) >= 11 is 5.89. The topological polar surface area (TPSA) is 66.8 Å². The number of methoxy groups -OCH3 is 1. The fourth-order valence-electron chi connectivity index (χ4n) is 1.40. The van der Waals surface area contributed by atoms with Gasteiger partial charge in [-0.05, 0) is 24.6 Å². The highest BCUT2D eigenvalue weighted by Crippen LogP contribution is 2.31. The molecule has 0 amide bonds. The van der Waals surface area contributed by atoms with Gasteiger partial charge in [0.15, 0.2) is 0 Å². The quantitative estimate of drug-likeness (QED) is 0.851. The van der Waals surface area contributed by atoms with Gasteiger partial charge in [-0.1, -0.05) is 17.7 Å². The maximum atomic E-state index is 10.6. The summed E-state index contributed by atoms with van der Waals surface area (Å²) in [5.41, 5.74) is -0.998. The third-order valence-corrected chi connectivity index (χ3v) is 2.56. The molecule has 0 aliphatic carbocycles. The second kappa shape index (κ2) is 4.72. The minimum atomic E-state index is -1.44. The third-order valence-electron chi connectivity index (χ3n) is 2.27. The van der Waals surface area contributed by atoms with Gasteiger partial charge in [-0.15, -0.1) is 0 Å². The van der Waals surface area contributed by atoms with Crippen LogP contribution in [-0.2, 0) is 10.4 Å². The smallest absolute Gasteiger partial charge is 0.306 e. The molecular weight excluding hydrogens is 232 g/mol. The Morgan fingerprint density at radius 2 is 2.19 bits per heavy atom. The zero-order chi connectivity index (χ0) is 12.3. The molecule has 1 atom stereocenters. The molecular formula is C11H13ClO4. The van der Waals surface area contributed by atoms with Gasteiger partial charge in [-0.3, -0.25) is 4.79 Å². The van der Waals surface area contributed by atoms with Gasteiger partial charge < -0.3 is 14.9 Å². The van der Waals surface area contributed by atoms with Crippen molar-refractivity contribution in [2.45, 2.75) is 18.9 Å². The fourth-order valence-corrected chi connectivity index (χ4v) is 1.66. The Bertz CT molecular complexity index is 401. The van der Waals surface area contributed by atoms with Gasteiger partial charge in [-0.25, -0.2) is 0 Å². The van der Waals surface area contributed by atoms with E-state index >= 15 is 0 Å². The number of carboxylic acids is 1. The highest BCUT2D eigenvalue weighted by atomic mass is 35.5. The first-order valence-corrected chi connectivity index (χ1v) is 5.03. The van der Waals surface area contributed by atoms with Crippen molar-refractivity contribution in [3.63, 3.8) is 0 Å². The Morgan fingerprint density at radius 3 is 2.62 bits per heavy atom. The lowest BCUT2D eigenvalue weighted by Gasteiger charge is -2.22. The second-order valence-corrected chi connectivity index (χ2v) is 4.10. The van der Waals surface area contributed by atoms with Crippen molar-refractivity contribution in [3.05, 3.63) is 28.8 Å². The Balaban J connectivity index is 3.04. The van der Waals surface area contributed by atoms with Gasteiger partial charge in [0.25, 0.3) is 0 Å². The number of hydrogen-bond acceptors (Lipinski definition) is 3. The first kappa shape index (κ1) is 12.8. The molecule has 0 aliphatic rings. The molecule has 16 heavy (non-hydrogen) atoms. The summed E-state index contributed by atoms with van der Waals surface area (Å²) in [4.78, 5) is 10.6. The van der Waals surface area contributed by atoms with Gasteiger partial charge in [0.05, 0.1) is 24.2 Å². The fraction of sp³-hybridized carbons (Fsp3) is 0.364. The normalized spacial score (nSPS) is 14.2. The summed E-state index contributed by atoms with van der Waals surface area (Å²) in [5, 5.41) is 19.0. The molecule has 1 rings (SSSR count). The molecule has 0 spiro atoms. The van der Waals surface area contributed by atoms with Crippen molar-refractivity contribution < 1.29 is 19.7 Å². The minimum absolute atomic E-state index is 0.339. The summed E-state index contributed by atoms with van der Waals surface area (Å²) in [6.45, 7) is 1.43. The molecule has 0 bridgehead atoms. The van der Waals surface area contributed by atoms with Gasteiger partial charge in [0.1, 0.15) is 5.75 Å². The van der Waals surface area contributed by atoms with Crippen molar-refractivity contribution in [2.75, 3.05) is 7.11 Å². The summed E-state index contributed by atoms with van der Waals surface area (Å²) in [7, 11) is 1.48. The molecule has 4 nitrogen and oxygen atoms in total. The van der Waals surface area contributed by atoms with E-state index in [2.05, 4.69) is 0 Å². The zero-order valence-electron chi connectivity index (χ0n) is 9.03. The predicted molar refractivity (Wildman–Crippen MR) is 59.8 cm³/mol. The lowest BCUT2D eigenvalue weighted by molar-refractivity contribution is -0.142. The number of ether oxygens (including phenoxy) is 1. The molecule has 1 aromatic rings. The molecule has 0 radical (unpaired) electrons. The average molecular weight is 245 g/mol. The van der Waals surface area contributed by atoms with E-state index in [9.17, 15) is 9.90 Å². The van der Waals surface area contributed by atoms with Crippen LogP contribution in [0, 0.1) is 0 Å². The molecule has 0 aliphatic heterocycles. The van der Waals surface area contributed by atoms with Crippen molar-refractivity contribution in [1.29, 1.82) is 0 Å². The van der Waals surface area contributed by atoms with E-state index in [1.54, 1.807) is 12.1 Å². The molecule has 2 N–H and O–H groups in total. The van der Waals surface area contributed by atoms with Crippen LogP contribution in [0.5, 0.6) is 5.75 Å². The van der Waals surface area contributed by atoms with E-state index in [1.165, 1.54) is 20.1 Å². The van der Waals surface area contributed by atoms with Crippen LogP contribution in [0.3, 0.4) is 0 Å². The largest absolute Gasteiger partial charge is 0.495 e. The van der Waals surface area contributed by atoms with Crippen LogP contribution in [0.4, 0.5) is 0 Å². The maximum absolute atomic E-state index is 10.6. The van der Waals surface area contributed by atoms with E-state index in [4.69, 9.17) is 21.4 Å². The third kappa shape index (κ3) is 2.87. The second-order valence-electron chi connectivity index (χ2n) is 3.69. The summed E-state index contributed by atoms with van der Waals surface area (Å²) in [6.07, 6.45) is -0.379. The summed E-state index contributed by atoms with van der Waals surface area (Å²) in [5.74, 6) is -0.589. The highest BCUT2D eigenvalue weighted by molar-refractivity contribution is 6.32. The molecule has 88 valence electrons. The van der Waals surface area contributed by atoms with Gasteiger partial charge in [0.2, 0.25) is 0 Å². The van der Waals surface area contributed by atoms with E-state index in [0.29, 0.717) is 16.3 Å². The number of carboxylic acid groups (broad SMARTS) is 1. The van der Waals surface area contributed by atoms with Crippen LogP contribution in [0.2, 0.25) is 5.02 Å². The van der Waals surface area contributed by atoms with Crippen molar-refractivity contribution in [3.8, 4) is 5.75 Å². The van der Waals surface area contributed by atoms with E-state index in [1.807, 2.05) is 0 Å². The Labute approximate surface area is 98.4 Å².